The Morgan fingerprint density at radius 1 is 1.58 bits per heavy atom. The van der Waals surface area contributed by atoms with Crippen LogP contribution in [0.1, 0.15) is 26.7 Å². The Bertz CT molecular complexity index is 175. The van der Waals surface area contributed by atoms with Gasteiger partial charge in [-0.05, 0) is 24.2 Å². The summed E-state index contributed by atoms with van der Waals surface area (Å²) in [7, 11) is 0. The van der Waals surface area contributed by atoms with E-state index in [2.05, 4.69) is 24.6 Å². The Hall–Kier alpha value is -0.770. The first-order valence-electron chi connectivity index (χ1n) is 4.35. The molecule has 4 N–H and O–H groups in total. The first kappa shape index (κ1) is 9.32. The molecule has 0 bridgehead atoms. The second kappa shape index (κ2) is 3.31. The zero-order valence-electron chi connectivity index (χ0n) is 7.68. The predicted octanol–water partition coefficient (Wildman–Crippen LogP) is 0.595. The van der Waals surface area contributed by atoms with Crippen LogP contribution in [0.2, 0.25) is 0 Å². The van der Waals surface area contributed by atoms with Crippen LogP contribution in [-0.2, 0) is 0 Å². The van der Waals surface area contributed by atoms with Crippen LogP contribution in [0.4, 0.5) is 4.79 Å². The van der Waals surface area contributed by atoms with Gasteiger partial charge in [0.2, 0.25) is 0 Å². The molecule has 0 atom stereocenters. The van der Waals surface area contributed by atoms with Gasteiger partial charge in [-0.2, -0.15) is 0 Å². The number of carbonyl (C=O) groups excluding carboxylic acids is 1. The third-order valence-corrected chi connectivity index (χ3v) is 2.85. The van der Waals surface area contributed by atoms with Gasteiger partial charge >= 0.3 is 6.03 Å². The van der Waals surface area contributed by atoms with E-state index >= 15 is 0 Å². The van der Waals surface area contributed by atoms with Crippen molar-refractivity contribution in [1.82, 2.24) is 10.7 Å². The van der Waals surface area contributed by atoms with E-state index in [0.717, 1.165) is 6.54 Å². The molecule has 4 nitrogen and oxygen atoms in total. The first-order chi connectivity index (χ1) is 5.60. The van der Waals surface area contributed by atoms with E-state index in [4.69, 9.17) is 5.84 Å². The van der Waals surface area contributed by atoms with Crippen molar-refractivity contribution in [1.29, 1.82) is 0 Å². The second-order valence-electron chi connectivity index (χ2n) is 3.84. The van der Waals surface area contributed by atoms with Crippen molar-refractivity contribution in [2.75, 3.05) is 6.54 Å². The number of urea groups is 1. The Kier molecular flexibility index (Phi) is 2.57. The summed E-state index contributed by atoms with van der Waals surface area (Å²) in [5.74, 6) is 5.57. The van der Waals surface area contributed by atoms with Crippen LogP contribution < -0.4 is 16.6 Å². The third kappa shape index (κ3) is 1.88. The van der Waals surface area contributed by atoms with Gasteiger partial charge in [-0.25, -0.2) is 10.6 Å². The van der Waals surface area contributed by atoms with Crippen LogP contribution in [0.3, 0.4) is 0 Å². The molecular weight excluding hydrogens is 154 g/mol. The number of hydrogen-bond donors (Lipinski definition) is 3. The van der Waals surface area contributed by atoms with Crippen molar-refractivity contribution in [3.63, 3.8) is 0 Å². The van der Waals surface area contributed by atoms with Crippen LogP contribution in [0.25, 0.3) is 0 Å². The minimum absolute atomic E-state index is 0.290. The van der Waals surface area contributed by atoms with Gasteiger partial charge in [-0.15, -0.1) is 0 Å². The monoisotopic (exact) mass is 171 g/mol. The molecule has 1 saturated carbocycles. The Morgan fingerprint density at radius 3 is 2.50 bits per heavy atom. The summed E-state index contributed by atoms with van der Waals surface area (Å²) in [6.45, 7) is 5.12. The minimum atomic E-state index is -0.290. The van der Waals surface area contributed by atoms with Gasteiger partial charge in [-0.1, -0.05) is 13.8 Å². The van der Waals surface area contributed by atoms with E-state index in [1.165, 1.54) is 12.8 Å². The van der Waals surface area contributed by atoms with E-state index in [9.17, 15) is 4.79 Å². The van der Waals surface area contributed by atoms with Crippen molar-refractivity contribution in [3.05, 3.63) is 0 Å². The number of nitrogens with two attached hydrogens (primary N) is 1. The molecule has 0 heterocycles. The van der Waals surface area contributed by atoms with Crippen LogP contribution in [0.15, 0.2) is 0 Å². The summed E-state index contributed by atoms with van der Waals surface area (Å²) < 4.78 is 0. The van der Waals surface area contributed by atoms with Crippen LogP contribution >= 0.6 is 0 Å². The third-order valence-electron chi connectivity index (χ3n) is 2.85. The summed E-state index contributed by atoms with van der Waals surface area (Å²) in [5.41, 5.74) is 2.41. The van der Waals surface area contributed by atoms with Gasteiger partial charge in [-0.3, -0.25) is 5.43 Å². The highest BCUT2D eigenvalue weighted by Crippen LogP contribution is 2.51. The molecule has 0 saturated heterocycles. The standard InChI is InChI=1S/C8H17N3O/c1-6(2)8(3-4-8)5-10-7(12)11-9/h6H,3-5,9H2,1-2H3,(H2,10,11,12). The number of hydrogen-bond acceptors (Lipinski definition) is 2. The van der Waals surface area contributed by atoms with Crippen molar-refractivity contribution in [2.45, 2.75) is 26.7 Å². The van der Waals surface area contributed by atoms with Gasteiger partial charge in [0.05, 0.1) is 0 Å². The lowest BCUT2D eigenvalue weighted by atomic mass is 9.92. The summed E-state index contributed by atoms with van der Waals surface area (Å²) in [5, 5.41) is 2.74. The van der Waals surface area contributed by atoms with E-state index in [1.807, 2.05) is 0 Å². The molecule has 0 aliphatic heterocycles. The lowest BCUT2D eigenvalue weighted by molar-refractivity contribution is 0.235. The van der Waals surface area contributed by atoms with Crippen molar-refractivity contribution in [3.8, 4) is 0 Å². The number of rotatable bonds is 3. The topological polar surface area (TPSA) is 67.2 Å². The normalized spacial score (nSPS) is 19.0. The highest BCUT2D eigenvalue weighted by molar-refractivity contribution is 5.73. The maximum atomic E-state index is 10.8. The van der Waals surface area contributed by atoms with E-state index < -0.39 is 0 Å². The number of hydrazine groups is 1. The summed E-state index contributed by atoms with van der Waals surface area (Å²) in [6, 6.07) is -0.290. The molecule has 1 rings (SSSR count). The summed E-state index contributed by atoms with van der Waals surface area (Å²) in [4.78, 5) is 10.8. The lowest BCUT2D eigenvalue weighted by Gasteiger charge is -2.19. The Labute approximate surface area is 72.9 Å². The van der Waals surface area contributed by atoms with Crippen molar-refractivity contribution in [2.24, 2.45) is 17.2 Å². The highest BCUT2D eigenvalue weighted by atomic mass is 16.2. The Morgan fingerprint density at radius 2 is 2.17 bits per heavy atom. The average molecular weight is 171 g/mol. The molecule has 0 aromatic rings. The van der Waals surface area contributed by atoms with Crippen LogP contribution in [0.5, 0.6) is 0 Å². The Balaban J connectivity index is 2.27. The van der Waals surface area contributed by atoms with E-state index in [-0.39, 0.29) is 6.03 Å². The predicted molar refractivity (Wildman–Crippen MR) is 47.2 cm³/mol. The molecule has 0 unspecified atom stereocenters. The fourth-order valence-corrected chi connectivity index (χ4v) is 1.43. The summed E-state index contributed by atoms with van der Waals surface area (Å²) in [6.07, 6.45) is 2.44. The molecule has 0 aromatic carbocycles. The molecule has 1 fully saturated rings. The molecule has 1 aliphatic carbocycles. The molecule has 12 heavy (non-hydrogen) atoms. The van der Waals surface area contributed by atoms with E-state index in [0.29, 0.717) is 11.3 Å². The number of amides is 2. The van der Waals surface area contributed by atoms with E-state index in [1.54, 1.807) is 0 Å². The molecule has 1 aliphatic rings. The highest BCUT2D eigenvalue weighted by Gasteiger charge is 2.45. The number of carbonyl (C=O) groups is 1. The first-order valence-corrected chi connectivity index (χ1v) is 4.35. The van der Waals surface area contributed by atoms with Gasteiger partial charge in [0.25, 0.3) is 0 Å². The summed E-state index contributed by atoms with van der Waals surface area (Å²) >= 11 is 0. The van der Waals surface area contributed by atoms with Gasteiger partial charge in [0.1, 0.15) is 0 Å². The number of nitrogens with one attached hydrogen (secondary N) is 2. The zero-order chi connectivity index (χ0) is 9.19. The quantitative estimate of drug-likeness (QED) is 0.330. The van der Waals surface area contributed by atoms with Gasteiger partial charge in [0, 0.05) is 6.54 Å². The fourth-order valence-electron chi connectivity index (χ4n) is 1.43. The zero-order valence-corrected chi connectivity index (χ0v) is 7.68. The molecule has 0 spiro atoms. The van der Waals surface area contributed by atoms with Crippen molar-refractivity contribution < 1.29 is 4.79 Å². The fraction of sp³-hybridized carbons (Fsp3) is 0.875. The van der Waals surface area contributed by atoms with Crippen LogP contribution in [0, 0.1) is 11.3 Å². The molecular formula is C8H17N3O. The minimum Gasteiger partial charge on any atom is -0.336 e. The smallest absolute Gasteiger partial charge is 0.328 e. The molecule has 0 aromatic heterocycles. The molecule has 4 heteroatoms. The molecule has 0 radical (unpaired) electrons. The lowest BCUT2D eigenvalue weighted by Crippen LogP contribution is -2.43. The van der Waals surface area contributed by atoms with Gasteiger partial charge in [0.15, 0.2) is 0 Å². The van der Waals surface area contributed by atoms with Crippen LogP contribution in [-0.4, -0.2) is 12.6 Å². The maximum absolute atomic E-state index is 10.8. The SMILES string of the molecule is CC(C)C1(CNC(=O)NN)CC1. The largest absolute Gasteiger partial charge is 0.336 e. The second-order valence-corrected chi connectivity index (χ2v) is 3.84. The molecule has 2 amide bonds. The van der Waals surface area contributed by atoms with Gasteiger partial charge < -0.3 is 5.32 Å². The average Bonchev–Trinajstić information content (AvgIpc) is 2.81. The maximum Gasteiger partial charge on any atom is 0.328 e. The van der Waals surface area contributed by atoms with Crippen molar-refractivity contribution >= 4 is 6.03 Å². The molecule has 70 valence electrons.